The summed E-state index contributed by atoms with van der Waals surface area (Å²) >= 11 is 0. The van der Waals surface area contributed by atoms with Crippen molar-refractivity contribution in [2.45, 2.75) is 26.7 Å². The Kier molecular flexibility index (Phi) is 6.78. The lowest BCUT2D eigenvalue weighted by Gasteiger charge is -2.12. The van der Waals surface area contributed by atoms with E-state index in [1.807, 2.05) is 46.1 Å². The monoisotopic (exact) mass is 353 g/mol. The molecule has 0 aliphatic carbocycles. The van der Waals surface area contributed by atoms with Gasteiger partial charge in [0, 0.05) is 32.0 Å². The Bertz CT molecular complexity index is 767. The molecule has 2 N–H and O–H groups in total. The molecule has 0 saturated carbocycles. The van der Waals surface area contributed by atoms with E-state index >= 15 is 0 Å². The Morgan fingerprint density at radius 3 is 2.27 bits per heavy atom. The zero-order valence-corrected chi connectivity index (χ0v) is 15.9. The molecule has 2 aromatic carbocycles. The van der Waals surface area contributed by atoms with Gasteiger partial charge in [-0.3, -0.25) is 9.59 Å². The van der Waals surface area contributed by atoms with Crippen LogP contribution in [0.4, 0.5) is 11.4 Å². The maximum absolute atomic E-state index is 12.0. The Morgan fingerprint density at radius 1 is 0.962 bits per heavy atom. The predicted octanol–water partition coefficient (Wildman–Crippen LogP) is 3.06. The topological polar surface area (TPSA) is 61.4 Å². The van der Waals surface area contributed by atoms with Crippen molar-refractivity contribution < 1.29 is 9.59 Å². The molecule has 0 bridgehead atoms. The lowest BCUT2D eigenvalue weighted by atomic mass is 10.1. The minimum Gasteiger partial charge on any atom is -0.378 e. The SMILES string of the molecule is Cc1ccc(NC(=O)C(=O)NCCCc2ccc(N(C)C)cc2)c(C)c1. The first-order valence-corrected chi connectivity index (χ1v) is 8.79. The number of benzene rings is 2. The number of hydrogen-bond donors (Lipinski definition) is 2. The highest BCUT2D eigenvalue weighted by atomic mass is 16.2. The van der Waals surface area contributed by atoms with E-state index in [2.05, 4.69) is 39.8 Å². The molecule has 2 aromatic rings. The Labute approximate surface area is 155 Å². The molecule has 0 unspecified atom stereocenters. The number of carbonyl (C=O) groups is 2. The molecular weight excluding hydrogens is 326 g/mol. The summed E-state index contributed by atoms with van der Waals surface area (Å²) in [6, 6.07) is 14.0. The Hall–Kier alpha value is -2.82. The average Bonchev–Trinajstić information content (AvgIpc) is 2.61. The van der Waals surface area contributed by atoms with Crippen molar-refractivity contribution >= 4 is 23.2 Å². The number of amides is 2. The molecule has 0 aliphatic heterocycles. The molecule has 0 heterocycles. The highest BCUT2D eigenvalue weighted by Crippen LogP contribution is 2.16. The second-order valence-corrected chi connectivity index (χ2v) is 6.69. The molecule has 0 radical (unpaired) electrons. The fourth-order valence-electron chi connectivity index (χ4n) is 2.67. The molecular formula is C21H27N3O2. The van der Waals surface area contributed by atoms with Gasteiger partial charge >= 0.3 is 11.8 Å². The van der Waals surface area contributed by atoms with E-state index in [1.54, 1.807) is 0 Å². The van der Waals surface area contributed by atoms with Crippen molar-refractivity contribution in [1.29, 1.82) is 0 Å². The average molecular weight is 353 g/mol. The van der Waals surface area contributed by atoms with Crippen molar-refractivity contribution in [3.63, 3.8) is 0 Å². The minimum atomic E-state index is -0.632. The van der Waals surface area contributed by atoms with Crippen LogP contribution < -0.4 is 15.5 Å². The van der Waals surface area contributed by atoms with Crippen LogP contribution in [0.3, 0.4) is 0 Å². The van der Waals surface area contributed by atoms with Crippen molar-refractivity contribution in [3.8, 4) is 0 Å². The quantitative estimate of drug-likeness (QED) is 0.620. The summed E-state index contributed by atoms with van der Waals surface area (Å²) in [5.74, 6) is -1.24. The van der Waals surface area contributed by atoms with Gasteiger partial charge in [-0.2, -0.15) is 0 Å². The van der Waals surface area contributed by atoms with Gasteiger partial charge in [-0.1, -0.05) is 29.8 Å². The van der Waals surface area contributed by atoms with Crippen LogP contribution in [0.15, 0.2) is 42.5 Å². The highest BCUT2D eigenvalue weighted by molar-refractivity contribution is 6.39. The van der Waals surface area contributed by atoms with Gasteiger partial charge in [0.25, 0.3) is 0 Å². The van der Waals surface area contributed by atoms with Gasteiger partial charge in [-0.25, -0.2) is 0 Å². The van der Waals surface area contributed by atoms with E-state index in [0.29, 0.717) is 12.2 Å². The van der Waals surface area contributed by atoms with Crippen LogP contribution in [0, 0.1) is 13.8 Å². The standard InChI is InChI=1S/C21H27N3O2/c1-15-7-12-19(16(2)14-15)23-21(26)20(25)22-13-5-6-17-8-10-18(11-9-17)24(3)4/h7-12,14H,5-6,13H2,1-4H3,(H,22,25)(H,23,26). The van der Waals surface area contributed by atoms with Crippen LogP contribution >= 0.6 is 0 Å². The molecule has 138 valence electrons. The lowest BCUT2D eigenvalue weighted by Crippen LogP contribution is -2.36. The van der Waals surface area contributed by atoms with Crippen molar-refractivity contribution in [2.75, 3.05) is 30.9 Å². The third kappa shape index (κ3) is 5.62. The number of nitrogens with zero attached hydrogens (tertiary/aromatic N) is 1. The summed E-state index contributed by atoms with van der Waals surface area (Å²) in [6.45, 7) is 4.36. The lowest BCUT2D eigenvalue weighted by molar-refractivity contribution is -0.136. The first-order chi connectivity index (χ1) is 12.4. The summed E-state index contributed by atoms with van der Waals surface area (Å²) in [6.07, 6.45) is 1.64. The van der Waals surface area contributed by atoms with Gasteiger partial charge in [0.2, 0.25) is 0 Å². The zero-order valence-electron chi connectivity index (χ0n) is 15.9. The molecule has 26 heavy (non-hydrogen) atoms. The van der Waals surface area contributed by atoms with Crippen LogP contribution in [0.5, 0.6) is 0 Å². The maximum Gasteiger partial charge on any atom is 0.313 e. The molecule has 0 atom stereocenters. The first-order valence-electron chi connectivity index (χ1n) is 8.79. The smallest absolute Gasteiger partial charge is 0.313 e. The molecule has 0 aliphatic rings. The zero-order chi connectivity index (χ0) is 19.1. The van der Waals surface area contributed by atoms with Gasteiger partial charge in [-0.15, -0.1) is 0 Å². The van der Waals surface area contributed by atoms with Crippen LogP contribution in [0.1, 0.15) is 23.1 Å². The van der Waals surface area contributed by atoms with Gasteiger partial charge in [0.15, 0.2) is 0 Å². The second kappa shape index (κ2) is 9.04. The predicted molar refractivity (Wildman–Crippen MR) is 107 cm³/mol. The van der Waals surface area contributed by atoms with E-state index in [0.717, 1.165) is 29.7 Å². The van der Waals surface area contributed by atoms with Crippen LogP contribution in [-0.2, 0) is 16.0 Å². The highest BCUT2D eigenvalue weighted by Gasteiger charge is 2.14. The Balaban J connectivity index is 1.74. The van der Waals surface area contributed by atoms with Gasteiger partial charge < -0.3 is 15.5 Å². The van der Waals surface area contributed by atoms with E-state index in [9.17, 15) is 9.59 Å². The fraction of sp³-hybridized carbons (Fsp3) is 0.333. The maximum atomic E-state index is 12.0. The number of anilines is 2. The third-order valence-electron chi connectivity index (χ3n) is 4.22. The minimum absolute atomic E-state index is 0.467. The molecule has 5 heteroatoms. The summed E-state index contributed by atoms with van der Waals surface area (Å²) in [5.41, 5.74) is 5.09. The second-order valence-electron chi connectivity index (χ2n) is 6.69. The summed E-state index contributed by atoms with van der Waals surface area (Å²) in [5, 5.41) is 5.33. The van der Waals surface area contributed by atoms with Gasteiger partial charge in [-0.05, 0) is 56.0 Å². The number of rotatable bonds is 6. The van der Waals surface area contributed by atoms with Crippen molar-refractivity contribution in [2.24, 2.45) is 0 Å². The van der Waals surface area contributed by atoms with Crippen LogP contribution in [0.2, 0.25) is 0 Å². The van der Waals surface area contributed by atoms with Crippen LogP contribution in [-0.4, -0.2) is 32.5 Å². The summed E-state index contributed by atoms with van der Waals surface area (Å²) in [7, 11) is 4.02. The summed E-state index contributed by atoms with van der Waals surface area (Å²) < 4.78 is 0. The van der Waals surface area contributed by atoms with E-state index in [-0.39, 0.29) is 0 Å². The largest absolute Gasteiger partial charge is 0.378 e. The third-order valence-corrected chi connectivity index (χ3v) is 4.22. The van der Waals surface area contributed by atoms with E-state index < -0.39 is 11.8 Å². The first kappa shape index (κ1) is 19.5. The molecule has 0 saturated heterocycles. The normalized spacial score (nSPS) is 10.3. The summed E-state index contributed by atoms with van der Waals surface area (Å²) in [4.78, 5) is 26.0. The molecule has 5 nitrogen and oxygen atoms in total. The number of nitrogens with one attached hydrogen (secondary N) is 2. The van der Waals surface area contributed by atoms with Crippen molar-refractivity contribution in [3.05, 3.63) is 59.2 Å². The molecule has 0 aromatic heterocycles. The Morgan fingerprint density at radius 2 is 1.65 bits per heavy atom. The fourth-order valence-corrected chi connectivity index (χ4v) is 2.67. The molecule has 0 fully saturated rings. The van der Waals surface area contributed by atoms with E-state index in [1.165, 1.54) is 5.56 Å². The van der Waals surface area contributed by atoms with Crippen molar-refractivity contribution in [1.82, 2.24) is 5.32 Å². The molecule has 2 rings (SSSR count). The number of aryl methyl sites for hydroxylation is 3. The van der Waals surface area contributed by atoms with E-state index in [4.69, 9.17) is 0 Å². The van der Waals surface area contributed by atoms with Gasteiger partial charge in [0.1, 0.15) is 0 Å². The molecule has 2 amide bonds. The number of hydrogen-bond acceptors (Lipinski definition) is 3. The van der Waals surface area contributed by atoms with Crippen LogP contribution in [0.25, 0.3) is 0 Å². The molecule has 0 spiro atoms. The number of carbonyl (C=O) groups excluding carboxylic acids is 2. The van der Waals surface area contributed by atoms with Gasteiger partial charge in [0.05, 0.1) is 0 Å².